The van der Waals surface area contributed by atoms with Gasteiger partial charge in [0.25, 0.3) is 17.1 Å². The van der Waals surface area contributed by atoms with Crippen LogP contribution >= 0.6 is 11.6 Å². The van der Waals surface area contributed by atoms with Crippen LogP contribution in [-0.2, 0) is 48.4 Å². The Balaban J connectivity index is 0.000000392. The molecule has 0 aliphatic heterocycles. The number of nitro benzene ring substituents is 3. The molecular formula is C31H31ClN3O17-3. The van der Waals surface area contributed by atoms with E-state index in [9.17, 15) is 60.0 Å². The molecular weight excluding hydrogens is 722 g/mol. The molecule has 0 aliphatic carbocycles. The summed E-state index contributed by atoms with van der Waals surface area (Å²) in [4.78, 5) is 60.8. The van der Waals surface area contributed by atoms with Crippen LogP contribution in [0.15, 0.2) is 54.6 Å². The minimum atomic E-state index is -1.40. The van der Waals surface area contributed by atoms with Crippen LogP contribution in [0.1, 0.15) is 29.5 Å². The van der Waals surface area contributed by atoms with Crippen molar-refractivity contribution in [2.75, 3.05) is 34.0 Å². The van der Waals surface area contributed by atoms with Gasteiger partial charge in [0.05, 0.1) is 91.2 Å². The lowest BCUT2D eigenvalue weighted by atomic mass is 10.1. The van der Waals surface area contributed by atoms with E-state index in [2.05, 4.69) is 0 Å². The van der Waals surface area contributed by atoms with E-state index in [1.807, 2.05) is 0 Å². The number of halogens is 1. The molecule has 3 aromatic carbocycles. The summed E-state index contributed by atoms with van der Waals surface area (Å²) >= 11 is 5.75. The SMILES string of the molecule is COc1cc(COCC(=O)[O-])c([N+](=O)[O-])cc1OC.O=C([O-])CCCOCc1ccccc1[N+](=O)[O-].O=C([O-])COCc1cc([N+](=O)[O-])ccc1Cl. The first-order valence-electron chi connectivity index (χ1n) is 14.5. The van der Waals surface area contributed by atoms with E-state index >= 15 is 0 Å². The number of carbonyl (C=O) groups is 3. The van der Waals surface area contributed by atoms with Crippen LogP contribution in [-0.4, -0.2) is 66.7 Å². The molecule has 0 bridgehead atoms. The van der Waals surface area contributed by atoms with Crippen LogP contribution in [0.4, 0.5) is 17.1 Å². The smallest absolute Gasteiger partial charge is 0.278 e. The molecule has 0 saturated carbocycles. The van der Waals surface area contributed by atoms with E-state index in [1.54, 1.807) is 18.2 Å². The quantitative estimate of drug-likeness (QED) is 0.0938. The van der Waals surface area contributed by atoms with Crippen molar-refractivity contribution in [3.8, 4) is 11.5 Å². The van der Waals surface area contributed by atoms with Gasteiger partial charge in [-0.1, -0.05) is 23.7 Å². The average molecular weight is 753 g/mol. The Labute approximate surface area is 299 Å². The molecule has 0 N–H and O–H groups in total. The molecule has 52 heavy (non-hydrogen) atoms. The summed E-state index contributed by atoms with van der Waals surface area (Å²) in [6.07, 6.45) is 0.264. The molecule has 3 aromatic rings. The third-order valence-electron chi connectivity index (χ3n) is 6.09. The van der Waals surface area contributed by atoms with Gasteiger partial charge < -0.3 is 53.4 Å². The fraction of sp³-hybridized carbons (Fsp3) is 0.323. The summed E-state index contributed by atoms with van der Waals surface area (Å²) in [6.45, 7) is -1.26. The van der Waals surface area contributed by atoms with E-state index < -0.39 is 45.9 Å². The number of non-ortho nitro benzene ring substituents is 1. The summed E-state index contributed by atoms with van der Waals surface area (Å²) < 4.78 is 24.6. The highest BCUT2D eigenvalue weighted by Gasteiger charge is 2.19. The number of carboxylic acids is 3. The van der Waals surface area contributed by atoms with Gasteiger partial charge in [0.15, 0.2) is 11.5 Å². The maximum atomic E-state index is 10.9. The monoisotopic (exact) mass is 752 g/mol. The Hall–Kier alpha value is -5.96. The summed E-state index contributed by atoms with van der Waals surface area (Å²) in [5.74, 6) is -3.39. The zero-order valence-electron chi connectivity index (χ0n) is 27.5. The lowest BCUT2D eigenvalue weighted by Gasteiger charge is -2.11. The molecule has 0 aromatic heterocycles. The van der Waals surface area contributed by atoms with Gasteiger partial charge in [-0.3, -0.25) is 30.3 Å². The zero-order valence-corrected chi connectivity index (χ0v) is 28.3. The van der Waals surface area contributed by atoms with Crippen LogP contribution < -0.4 is 24.8 Å². The molecule has 0 radical (unpaired) electrons. The van der Waals surface area contributed by atoms with Gasteiger partial charge in [0.1, 0.15) is 0 Å². The van der Waals surface area contributed by atoms with Gasteiger partial charge in [-0.25, -0.2) is 0 Å². The lowest BCUT2D eigenvalue weighted by molar-refractivity contribution is -0.386. The minimum absolute atomic E-state index is 0.00685. The van der Waals surface area contributed by atoms with Gasteiger partial charge in [0.2, 0.25) is 0 Å². The molecule has 0 atom stereocenters. The molecule has 0 heterocycles. The number of rotatable bonds is 19. The Bertz CT molecular complexity index is 1700. The van der Waals surface area contributed by atoms with E-state index in [-0.39, 0.29) is 66.2 Å². The molecule has 0 aliphatic rings. The number of ether oxygens (including phenoxy) is 5. The van der Waals surface area contributed by atoms with Crippen LogP contribution in [0.3, 0.4) is 0 Å². The molecule has 21 heteroatoms. The summed E-state index contributed by atoms with van der Waals surface area (Å²) in [5.41, 5.74) is 0.659. The van der Waals surface area contributed by atoms with Crippen molar-refractivity contribution in [2.24, 2.45) is 0 Å². The minimum Gasteiger partial charge on any atom is -0.550 e. The van der Waals surface area contributed by atoms with Crippen molar-refractivity contribution in [2.45, 2.75) is 32.7 Å². The Morgan fingerprint density at radius 1 is 0.635 bits per heavy atom. The Kier molecular flexibility index (Phi) is 19.9. The number of nitrogens with zero attached hydrogens (tertiary/aromatic N) is 3. The zero-order chi connectivity index (χ0) is 39.2. The van der Waals surface area contributed by atoms with Gasteiger partial charge in [0, 0.05) is 41.4 Å². The number of hydrogen-bond acceptors (Lipinski definition) is 17. The van der Waals surface area contributed by atoms with Crippen molar-refractivity contribution >= 4 is 46.6 Å². The van der Waals surface area contributed by atoms with Crippen LogP contribution in [0.25, 0.3) is 0 Å². The molecule has 20 nitrogen and oxygen atoms in total. The van der Waals surface area contributed by atoms with Gasteiger partial charge in [-0.05, 0) is 31.0 Å². The normalized spacial score (nSPS) is 10.1. The number of aliphatic carboxylic acids is 3. The highest BCUT2D eigenvalue weighted by molar-refractivity contribution is 6.31. The molecule has 0 saturated heterocycles. The summed E-state index contributed by atoms with van der Waals surface area (Å²) in [6, 6.07) is 12.7. The van der Waals surface area contributed by atoms with E-state index in [1.165, 1.54) is 50.6 Å². The number of carboxylic acid groups (broad SMARTS) is 3. The Morgan fingerprint density at radius 2 is 1.17 bits per heavy atom. The van der Waals surface area contributed by atoms with Crippen LogP contribution in [0.2, 0.25) is 5.02 Å². The van der Waals surface area contributed by atoms with Gasteiger partial charge >= 0.3 is 0 Å². The average Bonchev–Trinajstić information content (AvgIpc) is 3.08. The molecule has 0 spiro atoms. The molecule has 0 unspecified atom stereocenters. The second kappa shape index (κ2) is 23.4. The number of nitro groups is 3. The summed E-state index contributed by atoms with van der Waals surface area (Å²) in [5, 5.41) is 62.7. The first kappa shape index (κ1) is 44.1. The van der Waals surface area contributed by atoms with Crippen molar-refractivity contribution in [3.63, 3.8) is 0 Å². The van der Waals surface area contributed by atoms with Gasteiger partial charge in [-0.15, -0.1) is 0 Å². The molecule has 3 rings (SSSR count). The summed E-state index contributed by atoms with van der Waals surface area (Å²) in [7, 11) is 2.74. The van der Waals surface area contributed by atoms with Crippen LogP contribution in [0.5, 0.6) is 11.5 Å². The van der Waals surface area contributed by atoms with E-state index in [0.29, 0.717) is 23.3 Å². The Morgan fingerprint density at radius 3 is 1.69 bits per heavy atom. The third kappa shape index (κ3) is 16.6. The van der Waals surface area contributed by atoms with E-state index in [4.69, 9.17) is 35.3 Å². The largest absolute Gasteiger partial charge is 0.550 e. The molecule has 0 amide bonds. The first-order chi connectivity index (χ1) is 24.6. The standard InChI is InChI=1S/C11H13NO7.C11H13NO5.C9H8ClNO5/c1-17-9-3-7(5-19-6-11(13)14)8(12(15)16)4-10(9)18-2;13-11(14)6-3-7-17-8-9-4-1-2-5-10(9)12(15)16;10-8-2-1-7(11(14)15)3-6(8)4-16-5-9(12)13/h3-4H,5-6H2,1-2H3,(H,13,14);1-2,4-5H,3,6-8H2,(H,13,14);1-3H,4-5H2,(H,12,13)/p-3. The third-order valence-corrected chi connectivity index (χ3v) is 6.46. The number of hydrogen-bond donors (Lipinski definition) is 0. The topological polar surface area (TPSA) is 296 Å². The highest BCUT2D eigenvalue weighted by Crippen LogP contribution is 2.34. The number of para-hydroxylation sites is 1. The maximum Gasteiger partial charge on any atom is 0.278 e. The van der Waals surface area contributed by atoms with E-state index in [0.717, 1.165) is 0 Å². The number of methoxy groups -OCH3 is 2. The van der Waals surface area contributed by atoms with Crippen LogP contribution in [0, 0.1) is 30.3 Å². The fourth-order valence-electron chi connectivity index (χ4n) is 3.78. The second-order valence-corrected chi connectivity index (χ2v) is 10.2. The van der Waals surface area contributed by atoms with Gasteiger partial charge in [-0.2, -0.15) is 0 Å². The maximum absolute atomic E-state index is 10.9. The van der Waals surface area contributed by atoms with Crippen molar-refractivity contribution < 1.29 is 68.2 Å². The lowest BCUT2D eigenvalue weighted by Crippen LogP contribution is -2.27. The predicted octanol–water partition coefficient (Wildman–Crippen LogP) is 1.03. The molecule has 282 valence electrons. The fourth-order valence-corrected chi connectivity index (χ4v) is 3.95. The van der Waals surface area contributed by atoms with Crippen molar-refractivity contribution in [1.82, 2.24) is 0 Å². The first-order valence-corrected chi connectivity index (χ1v) is 14.9. The predicted molar refractivity (Wildman–Crippen MR) is 171 cm³/mol. The van der Waals surface area contributed by atoms with Crippen molar-refractivity contribution in [1.29, 1.82) is 0 Å². The number of carbonyl (C=O) groups excluding carboxylic acids is 3. The second-order valence-electron chi connectivity index (χ2n) is 9.77. The van der Waals surface area contributed by atoms with Crippen molar-refractivity contribution in [3.05, 3.63) is 107 Å². The number of benzene rings is 3. The highest BCUT2D eigenvalue weighted by atomic mass is 35.5. The molecule has 0 fully saturated rings.